The molecule has 3 fully saturated rings. The van der Waals surface area contributed by atoms with Crippen LogP contribution >= 0.6 is 0 Å². The Labute approximate surface area is 309 Å². The largest absolute Gasteiger partial charge is 0.497 e. The molecule has 1 aromatic heterocycles. The van der Waals surface area contributed by atoms with Crippen LogP contribution in [0, 0.1) is 17.8 Å². The summed E-state index contributed by atoms with van der Waals surface area (Å²) in [5, 5.41) is 15.8. The molecule has 2 saturated carbocycles. The molecule has 2 aliphatic carbocycles. The van der Waals surface area contributed by atoms with Gasteiger partial charge in [-0.2, -0.15) is 0 Å². The van der Waals surface area contributed by atoms with Gasteiger partial charge in [-0.25, -0.2) is 22.5 Å². The number of aromatic nitrogens is 1. The number of nitrogens with zero attached hydrogens (tertiary/aromatic N) is 3. The fourth-order valence-electron chi connectivity index (χ4n) is 7.74. The number of fused-ring (bicyclic) bond motifs is 3. The summed E-state index contributed by atoms with van der Waals surface area (Å²) in [5.41, 5.74) is -1.53. The van der Waals surface area contributed by atoms with Gasteiger partial charge in [-0.05, 0) is 75.5 Å². The third-order valence-corrected chi connectivity index (χ3v) is 13.1. The number of carbonyl (C=O) groups is 4. The third kappa shape index (κ3) is 7.73. The smallest absolute Gasteiger partial charge is 0.405 e. The quantitative estimate of drug-likeness (QED) is 0.318. The molecule has 16 heteroatoms. The number of rotatable bonds is 9. The molecular weight excluding hydrogens is 706 g/mol. The average Bonchev–Trinajstić information content (AvgIpc) is 4.05. The Bertz CT molecular complexity index is 1900. The Morgan fingerprint density at radius 3 is 2.58 bits per heavy atom. The second-order valence-corrected chi connectivity index (χ2v) is 17.0. The van der Waals surface area contributed by atoms with Crippen LogP contribution < -0.4 is 24.8 Å². The molecular formula is C37H49N5O10S. The van der Waals surface area contributed by atoms with E-state index in [1.54, 1.807) is 25.3 Å². The number of carbonyl (C=O) groups excluding carboxylic acids is 3. The predicted molar refractivity (Wildman–Crippen MR) is 194 cm³/mol. The number of benzene rings is 1. The van der Waals surface area contributed by atoms with E-state index in [1.807, 2.05) is 32.9 Å². The van der Waals surface area contributed by atoms with Gasteiger partial charge in [-0.3, -0.25) is 14.4 Å². The lowest BCUT2D eigenvalue weighted by atomic mass is 9.88. The first-order chi connectivity index (χ1) is 25.2. The zero-order valence-corrected chi connectivity index (χ0v) is 31.6. The van der Waals surface area contributed by atoms with Gasteiger partial charge in [0.1, 0.15) is 35.2 Å². The Morgan fingerprint density at radius 2 is 1.91 bits per heavy atom. The van der Waals surface area contributed by atoms with Crippen LogP contribution in [0.4, 0.5) is 4.79 Å². The van der Waals surface area contributed by atoms with Crippen LogP contribution in [0.15, 0.2) is 36.5 Å². The minimum Gasteiger partial charge on any atom is -0.497 e. The van der Waals surface area contributed by atoms with Crippen molar-refractivity contribution in [3.05, 3.63) is 36.5 Å². The van der Waals surface area contributed by atoms with Crippen molar-refractivity contribution in [1.29, 1.82) is 0 Å². The van der Waals surface area contributed by atoms with E-state index in [1.165, 1.54) is 18.1 Å². The molecule has 0 radical (unpaired) electrons. The summed E-state index contributed by atoms with van der Waals surface area (Å²) in [5.74, 6) is -1.39. The molecule has 53 heavy (non-hydrogen) atoms. The van der Waals surface area contributed by atoms with E-state index in [4.69, 9.17) is 14.2 Å². The Hall–Kier alpha value is -4.60. The number of amides is 4. The number of ether oxygens (including phenoxy) is 3. The number of hydrogen-bond acceptors (Lipinski definition) is 10. The number of allylic oxidation sites excluding steroid dienone is 1. The van der Waals surface area contributed by atoms with Gasteiger partial charge in [0.15, 0.2) is 0 Å². The van der Waals surface area contributed by atoms with Crippen LogP contribution in [0.25, 0.3) is 10.8 Å². The van der Waals surface area contributed by atoms with Crippen LogP contribution in [0.2, 0.25) is 0 Å². The minimum atomic E-state index is -3.90. The van der Waals surface area contributed by atoms with Gasteiger partial charge in [-0.15, -0.1) is 0 Å². The maximum absolute atomic E-state index is 14.4. The lowest BCUT2D eigenvalue weighted by molar-refractivity contribution is -0.142. The molecule has 2 aromatic rings. The number of carboxylic acid groups (broad SMARTS) is 1. The third-order valence-electron chi connectivity index (χ3n) is 10.9. The van der Waals surface area contributed by atoms with E-state index in [9.17, 15) is 32.7 Å². The van der Waals surface area contributed by atoms with Gasteiger partial charge in [0.25, 0.3) is 5.91 Å². The van der Waals surface area contributed by atoms with Crippen LogP contribution in [0.5, 0.6) is 17.4 Å². The van der Waals surface area contributed by atoms with Crippen LogP contribution in [0.3, 0.4) is 0 Å². The highest BCUT2D eigenvalue weighted by atomic mass is 32.2. The highest BCUT2D eigenvalue weighted by Gasteiger charge is 2.63. The summed E-state index contributed by atoms with van der Waals surface area (Å²) in [7, 11) is -1.12. The second-order valence-electron chi connectivity index (χ2n) is 14.8. The topological polar surface area (TPSA) is 194 Å². The van der Waals surface area contributed by atoms with Crippen LogP contribution in [-0.2, 0) is 24.4 Å². The zero-order valence-electron chi connectivity index (χ0n) is 30.7. The molecule has 4 amide bonds. The van der Waals surface area contributed by atoms with Crippen LogP contribution in [0.1, 0.15) is 65.7 Å². The summed E-state index contributed by atoms with van der Waals surface area (Å²) in [6, 6.07) is 3.00. The first kappa shape index (κ1) is 38.1. The van der Waals surface area contributed by atoms with E-state index in [-0.39, 0.29) is 31.2 Å². The normalized spacial score (nSPS) is 29.8. The van der Waals surface area contributed by atoms with E-state index >= 15 is 0 Å². The fourth-order valence-corrected chi connectivity index (χ4v) is 9.31. The number of pyridine rings is 1. The molecule has 15 nitrogen and oxygen atoms in total. The molecule has 6 rings (SSSR count). The van der Waals surface area contributed by atoms with Crippen LogP contribution in [-0.4, -0.2) is 108 Å². The van der Waals surface area contributed by atoms with Crippen molar-refractivity contribution >= 4 is 44.6 Å². The summed E-state index contributed by atoms with van der Waals surface area (Å²) >= 11 is 0. The first-order valence-corrected chi connectivity index (χ1v) is 19.8. The van der Waals surface area contributed by atoms with E-state index in [2.05, 4.69) is 15.6 Å². The SMILES string of the molecule is CCOc1cnc(O[C@@H]2C[C@H]3C(=O)N[C@]4(C(=O)N(C)S(=O)(=O)C5CC5)C[C@H]4/C=C\CC[C@@H](C)C[C@@H](C)[C@H](NC(=O)O)C(=O)N3C2)c2ccc(OC)cc12. The van der Waals surface area contributed by atoms with E-state index in [0.29, 0.717) is 54.6 Å². The van der Waals surface area contributed by atoms with Crippen molar-refractivity contribution in [2.24, 2.45) is 17.8 Å². The van der Waals surface area contributed by atoms with E-state index < -0.39 is 74.7 Å². The van der Waals surface area contributed by atoms with E-state index in [0.717, 1.165) is 10.7 Å². The first-order valence-electron chi connectivity index (χ1n) is 18.3. The maximum atomic E-state index is 14.4. The molecule has 2 aliphatic heterocycles. The second kappa shape index (κ2) is 15.0. The summed E-state index contributed by atoms with van der Waals surface area (Å²) < 4.78 is 44.8. The zero-order chi connectivity index (χ0) is 38.2. The molecule has 7 atom stereocenters. The fraction of sp³-hybridized carbons (Fsp3) is 0.595. The van der Waals surface area contributed by atoms with Crippen molar-refractivity contribution in [3.63, 3.8) is 0 Å². The van der Waals surface area contributed by atoms with Crippen molar-refractivity contribution in [2.45, 2.75) is 94.7 Å². The molecule has 4 aliphatic rings. The average molecular weight is 756 g/mol. The Balaban J connectivity index is 1.36. The number of hydrogen-bond donors (Lipinski definition) is 3. The summed E-state index contributed by atoms with van der Waals surface area (Å²) in [4.78, 5) is 60.7. The minimum absolute atomic E-state index is 0.00429. The molecule has 0 bridgehead atoms. The summed E-state index contributed by atoms with van der Waals surface area (Å²) in [6.07, 6.45) is 6.26. The monoisotopic (exact) mass is 755 g/mol. The number of likely N-dealkylation sites (N-methyl/N-ethyl adjacent to an activating group) is 1. The van der Waals surface area contributed by atoms with Gasteiger partial charge in [0.05, 0.1) is 31.7 Å². The van der Waals surface area contributed by atoms with Gasteiger partial charge in [0.2, 0.25) is 27.7 Å². The Morgan fingerprint density at radius 1 is 1.15 bits per heavy atom. The van der Waals surface area contributed by atoms with Crippen molar-refractivity contribution in [2.75, 3.05) is 27.3 Å². The molecule has 1 aromatic carbocycles. The maximum Gasteiger partial charge on any atom is 0.405 e. The molecule has 0 unspecified atom stereocenters. The molecule has 1 saturated heterocycles. The molecule has 3 N–H and O–H groups in total. The van der Waals surface area contributed by atoms with Crippen molar-refractivity contribution in [3.8, 4) is 17.4 Å². The number of methoxy groups -OCH3 is 1. The van der Waals surface area contributed by atoms with Gasteiger partial charge in [-0.1, -0.05) is 26.0 Å². The van der Waals surface area contributed by atoms with Crippen molar-refractivity contribution in [1.82, 2.24) is 24.8 Å². The van der Waals surface area contributed by atoms with Crippen molar-refractivity contribution < 1.29 is 46.9 Å². The highest BCUT2D eigenvalue weighted by molar-refractivity contribution is 7.90. The van der Waals surface area contributed by atoms with Gasteiger partial charge < -0.3 is 34.9 Å². The Kier molecular flexibility index (Phi) is 10.8. The predicted octanol–water partition coefficient (Wildman–Crippen LogP) is 3.46. The van der Waals surface area contributed by atoms with Gasteiger partial charge >= 0.3 is 6.09 Å². The molecule has 0 spiro atoms. The standard InChI is InChI=1S/C37H49N5O10S/c1-6-51-30-19-38-33(27-14-11-24(50-5)16-28(27)30)52-25-17-29-32(43)40-37(35(45)41(4)53(48,49)26-12-13-26)18-23(37)10-8-7-9-21(2)15-22(3)31(39-36(46)47)34(44)42(29)20-25/h8,10-11,14,16,19,21-23,25-26,29,31,39H,6-7,9,12-13,15,17-18,20H2,1-5H3,(H,40,43)(H,46,47)/b10-8-/t21-,22-,23-,25-,29+,31+,37-/m1/s1. The summed E-state index contributed by atoms with van der Waals surface area (Å²) in [6.45, 7) is 6.02. The number of nitrogens with one attached hydrogen (secondary N) is 2. The van der Waals surface area contributed by atoms with Gasteiger partial charge in [0, 0.05) is 30.2 Å². The number of sulfonamides is 1. The molecule has 3 heterocycles. The lowest BCUT2D eigenvalue weighted by Gasteiger charge is -2.32. The molecule has 288 valence electrons. The lowest BCUT2D eigenvalue weighted by Crippen LogP contribution is -2.59. The highest BCUT2D eigenvalue weighted by Crippen LogP contribution is 2.48.